The van der Waals surface area contributed by atoms with E-state index in [0.717, 1.165) is 32.9 Å². The van der Waals surface area contributed by atoms with E-state index < -0.39 is 0 Å². The summed E-state index contributed by atoms with van der Waals surface area (Å²) in [6, 6.07) is 26.8. The van der Waals surface area contributed by atoms with Gasteiger partial charge < -0.3 is 14.8 Å². The smallest absolute Gasteiger partial charge is 0.166 e. The van der Waals surface area contributed by atoms with Crippen LogP contribution in [0.15, 0.2) is 84.9 Å². The van der Waals surface area contributed by atoms with E-state index in [1.54, 1.807) is 30.6 Å². The van der Waals surface area contributed by atoms with Crippen LogP contribution in [0.3, 0.4) is 0 Å². The largest absolute Gasteiger partial charge is 0.493 e. The van der Waals surface area contributed by atoms with Crippen LogP contribution in [0.25, 0.3) is 20.8 Å². The zero-order chi connectivity index (χ0) is 24.2. The molecule has 5 aromatic rings. The lowest BCUT2D eigenvalue weighted by Crippen LogP contribution is -2.05. The minimum atomic E-state index is -0.264. The van der Waals surface area contributed by atoms with Gasteiger partial charge in [-0.3, -0.25) is 0 Å². The number of nitrogens with zero attached hydrogens (tertiary/aromatic N) is 1. The standard InChI is InChI=1S/C29H25FN2O2S/c1-19-6-15-25-27(16-19)35-29(32-25)21-9-13-24(14-10-21)31-17-22-4-3-5-26(33-2)28(22)34-18-20-7-11-23(30)12-8-20/h3-16,31H,17-18H2,1-2H3. The second-order valence-corrected chi connectivity index (χ2v) is 9.32. The van der Waals surface area contributed by atoms with Crippen LogP contribution in [-0.4, -0.2) is 12.1 Å². The van der Waals surface area contributed by atoms with Gasteiger partial charge in [0, 0.05) is 23.4 Å². The lowest BCUT2D eigenvalue weighted by Gasteiger charge is -2.16. The number of fused-ring (bicyclic) bond motifs is 1. The van der Waals surface area contributed by atoms with Crippen LogP contribution in [0, 0.1) is 12.7 Å². The molecule has 4 aromatic carbocycles. The number of methoxy groups -OCH3 is 1. The fraction of sp³-hybridized carbons (Fsp3) is 0.138. The predicted octanol–water partition coefficient (Wildman–Crippen LogP) is 7.61. The number of anilines is 1. The molecule has 1 N–H and O–H groups in total. The number of hydrogen-bond acceptors (Lipinski definition) is 5. The Balaban J connectivity index is 1.29. The number of nitrogens with one attached hydrogen (secondary N) is 1. The van der Waals surface area contributed by atoms with Crippen LogP contribution in [0.2, 0.25) is 0 Å². The molecule has 1 aromatic heterocycles. The van der Waals surface area contributed by atoms with Gasteiger partial charge in [0.05, 0.1) is 17.3 Å². The molecule has 6 heteroatoms. The van der Waals surface area contributed by atoms with E-state index in [1.165, 1.54) is 22.4 Å². The van der Waals surface area contributed by atoms with E-state index in [-0.39, 0.29) is 5.82 Å². The maximum absolute atomic E-state index is 13.2. The molecule has 0 radical (unpaired) electrons. The Morgan fingerprint density at radius 1 is 0.943 bits per heavy atom. The Labute approximate surface area is 208 Å². The average Bonchev–Trinajstić information content (AvgIpc) is 3.31. The molecule has 0 spiro atoms. The van der Waals surface area contributed by atoms with Crippen LogP contribution in [0.4, 0.5) is 10.1 Å². The first-order chi connectivity index (χ1) is 17.1. The Kier molecular flexibility index (Phi) is 6.64. The van der Waals surface area contributed by atoms with E-state index in [4.69, 9.17) is 14.5 Å². The number of thiazole rings is 1. The molecule has 0 aliphatic carbocycles. The van der Waals surface area contributed by atoms with Crippen LogP contribution in [0.1, 0.15) is 16.7 Å². The summed E-state index contributed by atoms with van der Waals surface area (Å²) >= 11 is 1.71. The van der Waals surface area contributed by atoms with E-state index in [9.17, 15) is 4.39 Å². The Morgan fingerprint density at radius 3 is 2.51 bits per heavy atom. The van der Waals surface area contributed by atoms with Crippen molar-refractivity contribution < 1.29 is 13.9 Å². The highest BCUT2D eigenvalue weighted by molar-refractivity contribution is 7.21. The summed E-state index contributed by atoms with van der Waals surface area (Å²) in [4.78, 5) is 4.78. The maximum Gasteiger partial charge on any atom is 0.166 e. The third kappa shape index (κ3) is 5.28. The minimum absolute atomic E-state index is 0.264. The Morgan fingerprint density at radius 2 is 1.74 bits per heavy atom. The summed E-state index contributed by atoms with van der Waals surface area (Å²) in [5.41, 5.74) is 6.22. The average molecular weight is 485 g/mol. The fourth-order valence-corrected chi connectivity index (χ4v) is 4.91. The van der Waals surface area contributed by atoms with E-state index >= 15 is 0 Å². The summed E-state index contributed by atoms with van der Waals surface area (Å²) in [5.74, 6) is 1.07. The normalized spacial score (nSPS) is 10.9. The lowest BCUT2D eigenvalue weighted by molar-refractivity contribution is 0.281. The van der Waals surface area contributed by atoms with Crippen molar-refractivity contribution in [3.8, 4) is 22.1 Å². The quantitative estimate of drug-likeness (QED) is 0.246. The molecular formula is C29H25FN2O2S. The van der Waals surface area contributed by atoms with E-state index in [2.05, 4.69) is 54.7 Å². The molecule has 0 fully saturated rings. The molecule has 35 heavy (non-hydrogen) atoms. The van der Waals surface area contributed by atoms with E-state index in [1.807, 2.05) is 18.2 Å². The highest BCUT2D eigenvalue weighted by Crippen LogP contribution is 2.34. The third-order valence-corrected chi connectivity index (χ3v) is 6.80. The van der Waals surface area contributed by atoms with Crippen molar-refractivity contribution in [2.75, 3.05) is 12.4 Å². The minimum Gasteiger partial charge on any atom is -0.493 e. The van der Waals surface area contributed by atoms with Gasteiger partial charge in [0.2, 0.25) is 0 Å². The van der Waals surface area contributed by atoms with E-state index in [0.29, 0.717) is 24.7 Å². The number of halogens is 1. The van der Waals surface area contributed by atoms with Crippen molar-refractivity contribution in [1.29, 1.82) is 0 Å². The van der Waals surface area contributed by atoms with Gasteiger partial charge in [-0.05, 0) is 72.6 Å². The summed E-state index contributed by atoms with van der Waals surface area (Å²) in [7, 11) is 1.62. The van der Waals surface area contributed by atoms with Crippen molar-refractivity contribution in [3.63, 3.8) is 0 Å². The summed E-state index contributed by atoms with van der Waals surface area (Å²) in [5, 5.41) is 4.48. The van der Waals surface area contributed by atoms with Gasteiger partial charge in [-0.2, -0.15) is 0 Å². The Hall–Kier alpha value is -3.90. The first-order valence-corrected chi connectivity index (χ1v) is 12.2. The second kappa shape index (κ2) is 10.2. The highest BCUT2D eigenvalue weighted by Gasteiger charge is 2.12. The molecule has 176 valence electrons. The summed E-state index contributed by atoms with van der Waals surface area (Å²) < 4.78 is 26.0. The van der Waals surface area contributed by atoms with Crippen LogP contribution < -0.4 is 14.8 Å². The number of para-hydroxylation sites is 1. The number of hydrogen-bond donors (Lipinski definition) is 1. The SMILES string of the molecule is COc1cccc(CNc2ccc(-c3nc4ccc(C)cc4s3)cc2)c1OCc1ccc(F)cc1. The molecule has 0 atom stereocenters. The molecule has 0 saturated carbocycles. The van der Waals surface area contributed by atoms with Crippen molar-refractivity contribution >= 4 is 27.2 Å². The zero-order valence-corrected chi connectivity index (χ0v) is 20.4. The van der Waals surface area contributed by atoms with Gasteiger partial charge in [0.15, 0.2) is 11.5 Å². The van der Waals surface area contributed by atoms with Gasteiger partial charge in [-0.15, -0.1) is 11.3 Å². The summed E-state index contributed by atoms with van der Waals surface area (Å²) in [6.45, 7) is 2.99. The van der Waals surface area contributed by atoms with Crippen molar-refractivity contribution in [3.05, 3.63) is 107 Å². The van der Waals surface area contributed by atoms with Gasteiger partial charge in [-0.25, -0.2) is 9.37 Å². The van der Waals surface area contributed by atoms with Gasteiger partial charge >= 0.3 is 0 Å². The van der Waals surface area contributed by atoms with Crippen LogP contribution in [0.5, 0.6) is 11.5 Å². The number of aryl methyl sites for hydroxylation is 1. The van der Waals surface area contributed by atoms with Crippen molar-refractivity contribution in [2.45, 2.75) is 20.1 Å². The molecule has 0 bridgehead atoms. The third-order valence-electron chi connectivity index (χ3n) is 5.74. The fourth-order valence-electron chi connectivity index (χ4n) is 3.84. The number of rotatable bonds is 8. The molecule has 4 nitrogen and oxygen atoms in total. The predicted molar refractivity (Wildman–Crippen MR) is 141 cm³/mol. The second-order valence-electron chi connectivity index (χ2n) is 8.28. The number of ether oxygens (including phenoxy) is 2. The molecule has 0 unspecified atom stereocenters. The number of aromatic nitrogens is 1. The molecular weight excluding hydrogens is 459 g/mol. The topological polar surface area (TPSA) is 43.4 Å². The highest BCUT2D eigenvalue weighted by atomic mass is 32.1. The molecule has 5 rings (SSSR count). The Bertz CT molecular complexity index is 1450. The maximum atomic E-state index is 13.2. The monoisotopic (exact) mass is 484 g/mol. The van der Waals surface area contributed by atoms with Crippen molar-refractivity contribution in [2.24, 2.45) is 0 Å². The molecule has 0 saturated heterocycles. The van der Waals surface area contributed by atoms with Gasteiger partial charge in [-0.1, -0.05) is 30.3 Å². The van der Waals surface area contributed by atoms with Gasteiger partial charge in [0.25, 0.3) is 0 Å². The molecule has 0 amide bonds. The van der Waals surface area contributed by atoms with Crippen LogP contribution >= 0.6 is 11.3 Å². The summed E-state index contributed by atoms with van der Waals surface area (Å²) in [6.07, 6.45) is 0. The number of benzene rings is 4. The van der Waals surface area contributed by atoms with Crippen molar-refractivity contribution in [1.82, 2.24) is 4.98 Å². The molecule has 1 heterocycles. The molecule has 0 aliphatic heterocycles. The first-order valence-electron chi connectivity index (χ1n) is 11.3. The van der Waals surface area contributed by atoms with Crippen LogP contribution in [-0.2, 0) is 13.2 Å². The lowest BCUT2D eigenvalue weighted by atomic mass is 10.1. The van der Waals surface area contributed by atoms with Gasteiger partial charge in [0.1, 0.15) is 17.4 Å². The molecule has 0 aliphatic rings. The zero-order valence-electron chi connectivity index (χ0n) is 19.5. The first kappa shape index (κ1) is 22.9.